The molecule has 2 N–H and O–H groups in total. The number of benzene rings is 1. The first-order valence-corrected chi connectivity index (χ1v) is 19.1. The zero-order valence-electron chi connectivity index (χ0n) is 28.8. The topological polar surface area (TPSA) is 111 Å². The van der Waals surface area contributed by atoms with Gasteiger partial charge in [0.2, 0.25) is 15.9 Å². The zero-order chi connectivity index (χ0) is 33.7. The lowest BCUT2D eigenvalue weighted by Crippen LogP contribution is -2.65. The SMILES string of the molecule is CCCCCCCCCC(=O)C[C@@H](CNS(=O)(=O)c1ccc(F)cc1)C(=O)N[C@@H](CC(C)C)B1O[C@@H]2C[C@@H]3C[C@@H](C3(C)C)[C@]2(C)O1. The number of hydrogen-bond donors (Lipinski definition) is 2. The number of ketones is 1. The fraction of sp³-hybridized carbons (Fsp3) is 0.771. The molecule has 46 heavy (non-hydrogen) atoms. The molecule has 4 fully saturated rings. The van der Waals surface area contributed by atoms with Crippen molar-refractivity contribution in [3.05, 3.63) is 30.1 Å². The summed E-state index contributed by atoms with van der Waals surface area (Å²) in [6.45, 7) is 12.8. The van der Waals surface area contributed by atoms with Gasteiger partial charge in [-0.2, -0.15) is 0 Å². The highest BCUT2D eigenvalue weighted by molar-refractivity contribution is 7.89. The van der Waals surface area contributed by atoms with E-state index in [-0.39, 0.29) is 41.1 Å². The van der Waals surface area contributed by atoms with Gasteiger partial charge in [-0.15, -0.1) is 0 Å². The quantitative estimate of drug-likeness (QED) is 0.127. The molecule has 258 valence electrons. The number of carbonyl (C=O) groups excluding carboxylic acids is 2. The van der Waals surface area contributed by atoms with Gasteiger partial charge in [0.05, 0.1) is 28.5 Å². The van der Waals surface area contributed by atoms with Crippen molar-refractivity contribution in [3.8, 4) is 0 Å². The summed E-state index contributed by atoms with van der Waals surface area (Å²) >= 11 is 0. The van der Waals surface area contributed by atoms with Gasteiger partial charge in [-0.25, -0.2) is 17.5 Å². The molecule has 0 radical (unpaired) electrons. The number of unbranched alkanes of at least 4 members (excludes halogenated alkanes) is 6. The molecule has 1 aromatic carbocycles. The van der Waals surface area contributed by atoms with Crippen molar-refractivity contribution in [3.63, 3.8) is 0 Å². The summed E-state index contributed by atoms with van der Waals surface area (Å²) in [5.74, 6) is -1.19. The van der Waals surface area contributed by atoms with Crippen LogP contribution in [0.4, 0.5) is 4.39 Å². The van der Waals surface area contributed by atoms with Gasteiger partial charge in [-0.1, -0.05) is 73.1 Å². The van der Waals surface area contributed by atoms with Gasteiger partial charge in [0.1, 0.15) is 11.6 Å². The van der Waals surface area contributed by atoms with Crippen LogP contribution in [0.3, 0.4) is 0 Å². The largest absolute Gasteiger partial charge is 0.481 e. The second-order valence-corrected chi connectivity index (χ2v) is 17.0. The van der Waals surface area contributed by atoms with E-state index >= 15 is 0 Å². The average molecular weight is 663 g/mol. The van der Waals surface area contributed by atoms with Gasteiger partial charge >= 0.3 is 7.12 Å². The maximum absolute atomic E-state index is 13.9. The number of hydrogen-bond acceptors (Lipinski definition) is 6. The molecular formula is C35H56BFN2O6S. The lowest BCUT2D eigenvalue weighted by atomic mass is 9.43. The van der Waals surface area contributed by atoms with E-state index in [2.05, 4.69) is 51.6 Å². The Morgan fingerprint density at radius 1 is 1.02 bits per heavy atom. The molecular weight excluding hydrogens is 606 g/mol. The van der Waals surface area contributed by atoms with E-state index in [1.54, 1.807) is 0 Å². The first-order valence-electron chi connectivity index (χ1n) is 17.6. The summed E-state index contributed by atoms with van der Waals surface area (Å²) < 4.78 is 55.2. The van der Waals surface area contributed by atoms with E-state index in [1.807, 2.05) is 0 Å². The summed E-state index contributed by atoms with van der Waals surface area (Å²) in [5.41, 5.74) is -0.248. The number of sulfonamides is 1. The van der Waals surface area contributed by atoms with Gasteiger partial charge in [0.15, 0.2) is 0 Å². The van der Waals surface area contributed by atoms with Crippen LogP contribution >= 0.6 is 0 Å². The second-order valence-electron chi connectivity index (χ2n) is 15.2. The molecule has 1 heterocycles. The van der Waals surface area contributed by atoms with Crippen LogP contribution in [0.25, 0.3) is 0 Å². The van der Waals surface area contributed by atoms with Crippen LogP contribution in [0.1, 0.15) is 119 Å². The van der Waals surface area contributed by atoms with Gasteiger partial charge in [0.25, 0.3) is 0 Å². The fourth-order valence-corrected chi connectivity index (χ4v) is 9.02. The highest BCUT2D eigenvalue weighted by Gasteiger charge is 2.68. The van der Waals surface area contributed by atoms with E-state index in [1.165, 1.54) is 31.4 Å². The normalized spacial score (nSPS) is 26.3. The predicted octanol–water partition coefficient (Wildman–Crippen LogP) is 6.62. The predicted molar refractivity (Wildman–Crippen MR) is 179 cm³/mol. The third kappa shape index (κ3) is 8.80. The Kier molecular flexibility index (Phi) is 12.6. The molecule has 3 aliphatic carbocycles. The monoisotopic (exact) mass is 662 g/mol. The van der Waals surface area contributed by atoms with Gasteiger partial charge in [0, 0.05) is 19.4 Å². The minimum atomic E-state index is -4.03. The molecule has 1 saturated heterocycles. The van der Waals surface area contributed by atoms with Crippen molar-refractivity contribution in [1.82, 2.24) is 10.0 Å². The molecule has 3 saturated carbocycles. The van der Waals surface area contributed by atoms with Crippen molar-refractivity contribution >= 4 is 28.8 Å². The van der Waals surface area contributed by atoms with Gasteiger partial charge in [-0.05, 0) is 80.0 Å². The van der Waals surface area contributed by atoms with Crippen molar-refractivity contribution < 1.29 is 31.7 Å². The van der Waals surface area contributed by atoms with Gasteiger partial charge in [-0.3, -0.25) is 9.59 Å². The number of amides is 1. The Bertz CT molecular complexity index is 1290. The number of carbonyl (C=O) groups is 2. The molecule has 5 rings (SSSR count). The number of halogens is 1. The number of Topliss-reactive ketones (excluding diaryl/α,β-unsaturated/α-hetero) is 1. The third-order valence-corrected chi connectivity index (χ3v) is 12.3. The lowest BCUT2D eigenvalue weighted by molar-refractivity contribution is -0.199. The van der Waals surface area contributed by atoms with Crippen LogP contribution in [0.5, 0.6) is 0 Å². The summed E-state index contributed by atoms with van der Waals surface area (Å²) in [6, 6.07) is 4.51. The number of rotatable bonds is 19. The molecule has 2 bridgehead atoms. The van der Waals surface area contributed by atoms with Crippen LogP contribution in [0.15, 0.2) is 29.2 Å². The molecule has 0 unspecified atom stereocenters. The van der Waals surface area contributed by atoms with Crippen molar-refractivity contribution in [2.75, 3.05) is 6.54 Å². The summed E-state index contributed by atoms with van der Waals surface area (Å²) in [5, 5.41) is 3.13. The third-order valence-electron chi connectivity index (χ3n) is 10.9. The van der Waals surface area contributed by atoms with E-state index in [9.17, 15) is 22.4 Å². The molecule has 8 nitrogen and oxygen atoms in total. The van der Waals surface area contributed by atoms with Crippen molar-refractivity contribution in [2.24, 2.45) is 29.1 Å². The van der Waals surface area contributed by atoms with E-state index in [4.69, 9.17) is 9.31 Å². The highest BCUT2D eigenvalue weighted by Crippen LogP contribution is 2.65. The average Bonchev–Trinajstić information content (AvgIpc) is 3.35. The maximum Gasteiger partial charge on any atom is 0.481 e. The summed E-state index contributed by atoms with van der Waals surface area (Å²) in [4.78, 5) is 26.9. The molecule has 11 heteroatoms. The molecule has 1 aromatic rings. The molecule has 0 aromatic heterocycles. The Morgan fingerprint density at radius 2 is 1.67 bits per heavy atom. The minimum absolute atomic E-state index is 0.0392. The maximum atomic E-state index is 13.9. The van der Waals surface area contributed by atoms with E-state index in [0.29, 0.717) is 24.7 Å². The van der Waals surface area contributed by atoms with Crippen molar-refractivity contribution in [1.29, 1.82) is 0 Å². The van der Waals surface area contributed by atoms with E-state index in [0.717, 1.165) is 50.7 Å². The molecule has 1 aliphatic heterocycles. The molecule has 6 atom stereocenters. The first-order chi connectivity index (χ1) is 21.7. The van der Waals surface area contributed by atoms with Crippen LogP contribution in [-0.2, 0) is 28.9 Å². The zero-order valence-corrected chi connectivity index (χ0v) is 29.6. The Balaban J connectivity index is 1.44. The molecule has 0 spiro atoms. The van der Waals surface area contributed by atoms with Gasteiger partial charge < -0.3 is 14.6 Å². The summed E-state index contributed by atoms with van der Waals surface area (Å²) in [6.07, 6.45) is 10.4. The smallest absolute Gasteiger partial charge is 0.404 e. The molecule has 1 amide bonds. The second kappa shape index (κ2) is 15.6. The summed E-state index contributed by atoms with van der Waals surface area (Å²) in [7, 11) is -4.66. The Hall–Kier alpha value is -1.82. The molecule has 4 aliphatic rings. The highest BCUT2D eigenvalue weighted by atomic mass is 32.2. The minimum Gasteiger partial charge on any atom is -0.404 e. The van der Waals surface area contributed by atoms with Crippen LogP contribution in [-0.4, -0.2) is 51.4 Å². The van der Waals surface area contributed by atoms with Crippen molar-refractivity contribution in [2.45, 2.75) is 141 Å². The van der Waals surface area contributed by atoms with Crippen LogP contribution in [0, 0.1) is 34.9 Å². The fourth-order valence-electron chi connectivity index (χ4n) is 7.94. The standard InChI is InChI=1S/C35H56BFN2O6S/c1-7-8-9-10-11-12-13-14-28(40)20-25(23-38-46(42,43)29-17-15-27(37)16-18-29)33(41)39-32(19-24(2)3)36-44-31-22-26-21-30(34(26,4)5)35(31,6)45-36/h15-18,24-26,30-32,38H,7-14,19-23H2,1-6H3,(H,39,41)/t25-,26-,30-,31+,32-,35-/m0/s1. The number of nitrogens with one attached hydrogen (secondary N) is 2. The first kappa shape index (κ1) is 37.0. The Morgan fingerprint density at radius 3 is 2.30 bits per heavy atom. The van der Waals surface area contributed by atoms with Crippen LogP contribution < -0.4 is 10.0 Å². The lowest BCUT2D eigenvalue weighted by Gasteiger charge is -2.64. The Labute approximate surface area is 276 Å². The van der Waals surface area contributed by atoms with Crippen LogP contribution in [0.2, 0.25) is 0 Å². The van der Waals surface area contributed by atoms with E-state index < -0.39 is 46.3 Å².